The van der Waals surface area contributed by atoms with Gasteiger partial charge >= 0.3 is 11.9 Å². The van der Waals surface area contributed by atoms with Gasteiger partial charge in [0.05, 0.1) is 32.0 Å². The number of hydrogen-bond donors (Lipinski definition) is 15. The molecule has 27 heteroatoms. The molecule has 6 fully saturated rings. The Labute approximate surface area is 346 Å². The Bertz CT molecular complexity index is 1460. The highest BCUT2D eigenvalue weighted by Crippen LogP contribution is 2.47. The van der Waals surface area contributed by atoms with Crippen molar-refractivity contribution in [3.63, 3.8) is 0 Å². The van der Waals surface area contributed by atoms with Crippen LogP contribution in [0.1, 0.15) is 27.7 Å². The predicted molar refractivity (Wildman–Crippen MR) is 186 cm³/mol. The van der Waals surface area contributed by atoms with E-state index in [1.165, 1.54) is 13.8 Å². The molecule has 15 N–H and O–H groups in total. The number of fused-ring (bicyclic) bond motifs is 2. The number of aliphatic hydroxyl groups is 13. The van der Waals surface area contributed by atoms with Crippen LogP contribution in [-0.4, -0.2) is 251 Å². The molecular weight excluding hydrogens is 836 g/mol. The maximum atomic E-state index is 12.7. The number of ether oxygens (including phenoxy) is 10. The van der Waals surface area contributed by atoms with Gasteiger partial charge in [0.1, 0.15) is 97.5 Å². The van der Waals surface area contributed by atoms with Gasteiger partial charge < -0.3 is 124 Å². The topological polar surface area (TPSA) is 413 Å². The average Bonchev–Trinajstić information content (AvgIpc) is 3.21. The van der Waals surface area contributed by atoms with Crippen molar-refractivity contribution in [1.82, 2.24) is 10.6 Å². The number of rotatable bonds is 7. The lowest BCUT2D eigenvalue weighted by molar-refractivity contribution is -0.545. The molecule has 6 aliphatic heterocycles. The third-order valence-electron chi connectivity index (χ3n) is 11.5. The van der Waals surface area contributed by atoms with E-state index in [-0.39, 0.29) is 0 Å². The molecule has 25 atom stereocenters. The third-order valence-corrected chi connectivity index (χ3v) is 11.5. The lowest BCUT2D eigenvalue weighted by Crippen LogP contribution is -2.79. The lowest BCUT2D eigenvalue weighted by Gasteiger charge is -2.59. The van der Waals surface area contributed by atoms with Crippen LogP contribution >= 0.6 is 0 Å². The highest BCUT2D eigenvalue weighted by atomic mass is 16.9. The quantitative estimate of drug-likeness (QED) is 0.113. The van der Waals surface area contributed by atoms with Gasteiger partial charge in [-0.3, -0.25) is 9.59 Å². The Balaban J connectivity index is 1.62. The zero-order valence-electron chi connectivity index (χ0n) is 33.1. The van der Waals surface area contributed by atoms with E-state index < -0.39 is 184 Å². The second-order valence-corrected chi connectivity index (χ2v) is 15.8. The Morgan fingerprint density at radius 2 is 0.967 bits per heavy atom. The van der Waals surface area contributed by atoms with Gasteiger partial charge in [-0.05, 0) is 13.8 Å². The summed E-state index contributed by atoms with van der Waals surface area (Å²) in [7, 11) is 0. The van der Waals surface area contributed by atoms with Crippen LogP contribution in [0, 0.1) is 0 Å². The summed E-state index contributed by atoms with van der Waals surface area (Å²) in [6, 6.07) is -3.73. The van der Waals surface area contributed by atoms with Gasteiger partial charge in [0.2, 0.25) is 11.8 Å². The fraction of sp³-hybridized carbons (Fsp3) is 0.941. The van der Waals surface area contributed by atoms with Crippen molar-refractivity contribution in [2.24, 2.45) is 0 Å². The van der Waals surface area contributed by atoms with E-state index in [1.54, 1.807) is 0 Å². The normalized spacial score (nSPS) is 53.1. The molecule has 2 unspecified atom stereocenters. The van der Waals surface area contributed by atoms with E-state index in [2.05, 4.69) is 10.6 Å². The summed E-state index contributed by atoms with van der Waals surface area (Å²) in [4.78, 5) is 25.3. The van der Waals surface area contributed by atoms with Crippen LogP contribution < -0.4 is 10.6 Å². The Morgan fingerprint density at radius 1 is 0.508 bits per heavy atom. The third kappa shape index (κ3) is 9.03. The van der Waals surface area contributed by atoms with E-state index in [4.69, 9.17) is 47.4 Å². The van der Waals surface area contributed by atoms with Crippen LogP contribution in [0.25, 0.3) is 0 Å². The molecule has 2 spiro atoms. The molecule has 6 heterocycles. The van der Waals surface area contributed by atoms with E-state index >= 15 is 0 Å². The van der Waals surface area contributed by atoms with Crippen LogP contribution in [0.15, 0.2) is 0 Å². The van der Waals surface area contributed by atoms with E-state index in [0.717, 1.165) is 13.8 Å². The summed E-state index contributed by atoms with van der Waals surface area (Å²) in [6.07, 6.45) is -42.2. The smallest absolute Gasteiger partial charge is 0.315 e. The molecule has 27 nitrogen and oxygen atoms in total. The highest BCUT2D eigenvalue weighted by Gasteiger charge is 2.69. The van der Waals surface area contributed by atoms with Crippen LogP contribution in [0.5, 0.6) is 0 Å². The van der Waals surface area contributed by atoms with Gasteiger partial charge in [-0.15, -0.1) is 0 Å². The zero-order valence-corrected chi connectivity index (χ0v) is 33.1. The first-order valence-electron chi connectivity index (χ1n) is 19.5. The standard InChI is InChI=1S/C34H56N2O25/c1-8-17(42)20(45)23(48)32(52-8)55-29-22(47)19(44)12(5-37)57-34(29)58-24-13(6-38)53-30(50)15(35-10(3)40)26(24)60-33(28(49)21(46)18(43)9(2)56-33)61-27-16(36-11(4)41)31(51)54-14(7-39)25(27)59-34/h8-9,12-32,37-39,42-51H,5-7H2,1-4H3,(H,35,40)(H,36,41)/t8-,9-,12+,13+,14+,15+,16+,17+,18+,19-,20+,21+,22-,23-,24+,25+,26+,27+,28-,29+,30-,31+,32-,33?,34?/m0/s1. The number of hydrogen-bond acceptors (Lipinski definition) is 25. The minimum absolute atomic E-state index is 0.860. The maximum Gasteiger partial charge on any atom is 0.315 e. The van der Waals surface area contributed by atoms with Crippen LogP contribution in [0.3, 0.4) is 0 Å². The average molecular weight is 893 g/mol. The molecule has 2 amide bonds. The van der Waals surface area contributed by atoms with Crippen molar-refractivity contribution in [3.05, 3.63) is 0 Å². The van der Waals surface area contributed by atoms with Gasteiger partial charge in [-0.2, -0.15) is 0 Å². The second-order valence-electron chi connectivity index (χ2n) is 15.8. The second kappa shape index (κ2) is 18.9. The maximum absolute atomic E-state index is 12.7. The van der Waals surface area contributed by atoms with Gasteiger partial charge in [0.15, 0.2) is 31.1 Å². The minimum Gasteiger partial charge on any atom is -0.394 e. The number of nitrogens with one attached hydrogen (secondary N) is 2. The fourth-order valence-corrected chi connectivity index (χ4v) is 8.28. The van der Waals surface area contributed by atoms with Crippen molar-refractivity contribution in [2.75, 3.05) is 19.8 Å². The molecule has 0 bridgehead atoms. The van der Waals surface area contributed by atoms with Crippen molar-refractivity contribution in [2.45, 2.75) is 180 Å². The monoisotopic (exact) mass is 892 g/mol. The Morgan fingerprint density at radius 3 is 1.43 bits per heavy atom. The van der Waals surface area contributed by atoms with Crippen LogP contribution in [0.2, 0.25) is 0 Å². The highest BCUT2D eigenvalue weighted by molar-refractivity contribution is 5.73. The summed E-state index contributed by atoms with van der Waals surface area (Å²) < 4.78 is 60.6. The lowest BCUT2D eigenvalue weighted by atomic mass is 9.91. The van der Waals surface area contributed by atoms with Crippen molar-refractivity contribution < 1.29 is 123 Å². The van der Waals surface area contributed by atoms with E-state index in [9.17, 15) is 76.0 Å². The molecule has 0 aromatic carbocycles. The molecule has 0 radical (unpaired) electrons. The van der Waals surface area contributed by atoms with Crippen LogP contribution in [0.4, 0.5) is 0 Å². The van der Waals surface area contributed by atoms with E-state index in [0.29, 0.717) is 0 Å². The van der Waals surface area contributed by atoms with Crippen molar-refractivity contribution >= 4 is 11.8 Å². The van der Waals surface area contributed by atoms with E-state index in [1.807, 2.05) is 0 Å². The fourth-order valence-electron chi connectivity index (χ4n) is 8.28. The molecule has 0 aromatic heterocycles. The first-order chi connectivity index (χ1) is 28.6. The molecule has 0 saturated carbocycles. The molecule has 0 aliphatic carbocycles. The number of carbonyl (C=O) groups is 2. The van der Waals surface area contributed by atoms with Crippen LogP contribution in [-0.2, 0) is 57.0 Å². The summed E-state index contributed by atoms with van der Waals surface area (Å²) in [5.74, 6) is -8.12. The molecule has 0 aromatic rings. The summed E-state index contributed by atoms with van der Waals surface area (Å²) in [5.41, 5.74) is 0. The van der Waals surface area contributed by atoms with Gasteiger partial charge in [-0.1, -0.05) is 0 Å². The predicted octanol–water partition coefficient (Wildman–Crippen LogP) is -9.90. The summed E-state index contributed by atoms with van der Waals surface area (Å²) in [6.45, 7) is 1.18. The minimum atomic E-state index is -3.27. The first-order valence-corrected chi connectivity index (χ1v) is 19.5. The van der Waals surface area contributed by atoms with Crippen molar-refractivity contribution in [1.29, 1.82) is 0 Å². The first kappa shape index (κ1) is 48.5. The zero-order chi connectivity index (χ0) is 45.0. The number of carbonyl (C=O) groups excluding carboxylic acids is 2. The Hall–Kier alpha value is -1.98. The molecule has 6 aliphatic rings. The van der Waals surface area contributed by atoms with Gasteiger partial charge in [0, 0.05) is 13.8 Å². The number of aliphatic hydroxyl groups excluding tert-OH is 13. The summed E-state index contributed by atoms with van der Waals surface area (Å²) >= 11 is 0. The molecule has 61 heavy (non-hydrogen) atoms. The van der Waals surface area contributed by atoms with Gasteiger partial charge in [-0.25, -0.2) is 0 Å². The van der Waals surface area contributed by atoms with Crippen molar-refractivity contribution in [3.8, 4) is 0 Å². The largest absolute Gasteiger partial charge is 0.394 e. The molecular formula is C34H56N2O25. The molecule has 352 valence electrons. The SMILES string of the molecule is CC(=O)N[C@@H]1[C@H]2OC3(O[C@@H]4[C@@H](NC(C)=O)[C@@H](O)O[C@H](CO)[C@H]4OC4(O[C@@H]2[C@@H](CO)O[C@H]1O)O[C@H](CO)[C@H](O)[C@H](O)[C@H]4O[C@@H]1O[C@@H](C)[C@@H](O)[C@@H](O)[C@@H]1O)O[C@@H](C)[C@@H](O)[C@@H](O)[C@@H]3O. The summed E-state index contributed by atoms with van der Waals surface area (Å²) in [5, 5.41) is 148. The molecule has 6 rings (SSSR count). The number of amides is 2. The van der Waals surface area contributed by atoms with Gasteiger partial charge in [0.25, 0.3) is 0 Å². The Kier molecular flexibility index (Phi) is 15.0. The molecule has 6 saturated heterocycles.